The molecule has 0 saturated heterocycles. The molecule has 8 heteroatoms. The molecule has 0 radical (unpaired) electrons. The molecule has 1 N–H and O–H groups in total. The SMILES string of the molecule is O=C(O)CC1CCn2c1c(C(=O)c1nc3ccccc3s1)c1c(Br)cc(F)cc12. The molecule has 2 aromatic heterocycles. The van der Waals surface area contributed by atoms with Gasteiger partial charge in [-0.1, -0.05) is 12.1 Å². The molecule has 0 spiro atoms. The second-order valence-corrected chi connectivity index (χ2v) is 8.98. The van der Waals surface area contributed by atoms with Crippen LogP contribution < -0.4 is 0 Å². The zero-order valence-corrected chi connectivity index (χ0v) is 17.4. The average Bonchev–Trinajstić information content (AvgIpc) is 3.34. The third kappa shape index (κ3) is 2.89. The third-order valence-corrected chi connectivity index (χ3v) is 7.01. The lowest BCUT2D eigenvalue weighted by Crippen LogP contribution is -2.09. The van der Waals surface area contributed by atoms with Gasteiger partial charge in [0.15, 0.2) is 5.01 Å². The summed E-state index contributed by atoms with van der Waals surface area (Å²) in [6.07, 6.45) is 0.530. The topological polar surface area (TPSA) is 72.2 Å². The van der Waals surface area contributed by atoms with E-state index in [1.807, 2.05) is 28.8 Å². The molecule has 29 heavy (non-hydrogen) atoms. The summed E-state index contributed by atoms with van der Waals surface area (Å²) >= 11 is 4.71. The maximum Gasteiger partial charge on any atom is 0.304 e. The number of carboxylic acid groups (broad SMARTS) is 1. The van der Waals surface area contributed by atoms with Gasteiger partial charge in [0.25, 0.3) is 0 Å². The summed E-state index contributed by atoms with van der Waals surface area (Å²) < 4.78 is 17.4. The highest BCUT2D eigenvalue weighted by Gasteiger charge is 2.35. The first kappa shape index (κ1) is 18.4. The summed E-state index contributed by atoms with van der Waals surface area (Å²) in [7, 11) is 0. The number of hydrogen-bond acceptors (Lipinski definition) is 4. The van der Waals surface area contributed by atoms with E-state index < -0.39 is 11.8 Å². The second kappa shape index (κ2) is 6.74. The van der Waals surface area contributed by atoms with E-state index in [1.165, 1.54) is 23.5 Å². The molecule has 0 amide bonds. The molecule has 2 aromatic carbocycles. The number of halogens is 2. The van der Waals surface area contributed by atoms with Gasteiger partial charge in [0.2, 0.25) is 5.78 Å². The Morgan fingerprint density at radius 2 is 2.10 bits per heavy atom. The Morgan fingerprint density at radius 1 is 1.31 bits per heavy atom. The number of aliphatic carboxylic acids is 1. The zero-order valence-electron chi connectivity index (χ0n) is 15.0. The van der Waals surface area contributed by atoms with E-state index in [0.717, 1.165) is 10.2 Å². The van der Waals surface area contributed by atoms with E-state index in [9.17, 15) is 19.1 Å². The van der Waals surface area contributed by atoms with Crippen molar-refractivity contribution in [3.63, 3.8) is 0 Å². The number of carbonyl (C=O) groups is 2. The van der Waals surface area contributed by atoms with Crippen LogP contribution in [0.1, 0.15) is 39.8 Å². The minimum atomic E-state index is -0.919. The summed E-state index contributed by atoms with van der Waals surface area (Å²) in [6.45, 7) is 0.548. The Labute approximate surface area is 176 Å². The van der Waals surface area contributed by atoms with Gasteiger partial charge in [-0.15, -0.1) is 11.3 Å². The lowest BCUT2D eigenvalue weighted by molar-refractivity contribution is -0.137. The summed E-state index contributed by atoms with van der Waals surface area (Å²) in [6, 6.07) is 10.3. The molecule has 0 bridgehead atoms. The minimum absolute atomic E-state index is 0.0729. The summed E-state index contributed by atoms with van der Waals surface area (Å²) in [5.74, 6) is -1.89. The molecular formula is C21H14BrFN2O3S. The predicted molar refractivity (Wildman–Crippen MR) is 112 cm³/mol. The highest BCUT2D eigenvalue weighted by Crippen LogP contribution is 2.44. The van der Waals surface area contributed by atoms with Gasteiger partial charge in [-0.25, -0.2) is 9.37 Å². The number of ketones is 1. The van der Waals surface area contributed by atoms with Gasteiger partial charge in [-0.2, -0.15) is 0 Å². The van der Waals surface area contributed by atoms with Gasteiger partial charge in [-0.05, 0) is 46.6 Å². The molecule has 1 aliphatic heterocycles. The number of para-hydroxylation sites is 1. The fourth-order valence-corrected chi connectivity index (χ4v) is 5.75. The van der Waals surface area contributed by atoms with Crippen LogP contribution in [0.15, 0.2) is 40.9 Å². The Bertz CT molecular complexity index is 1290. The molecular weight excluding hydrogens is 459 g/mol. The van der Waals surface area contributed by atoms with Crippen LogP contribution in [0.25, 0.3) is 21.1 Å². The maximum atomic E-state index is 14.1. The molecule has 5 nitrogen and oxygen atoms in total. The quantitative estimate of drug-likeness (QED) is 0.406. The molecule has 0 aliphatic carbocycles. The number of fused-ring (bicyclic) bond motifs is 4. The van der Waals surface area contributed by atoms with Crippen LogP contribution in [0.2, 0.25) is 0 Å². The predicted octanol–water partition coefficient (Wildman–Crippen LogP) is 5.35. The highest BCUT2D eigenvalue weighted by molar-refractivity contribution is 9.10. The van der Waals surface area contributed by atoms with Crippen LogP contribution in [-0.4, -0.2) is 26.4 Å². The number of aromatic nitrogens is 2. The van der Waals surface area contributed by atoms with Gasteiger partial charge in [0.05, 0.1) is 27.7 Å². The number of benzene rings is 2. The summed E-state index contributed by atoms with van der Waals surface area (Å²) in [4.78, 5) is 29.5. The van der Waals surface area contributed by atoms with Crippen molar-refractivity contribution in [2.45, 2.75) is 25.3 Å². The molecule has 5 rings (SSSR count). The Morgan fingerprint density at radius 3 is 2.86 bits per heavy atom. The number of nitrogens with zero attached hydrogens (tertiary/aromatic N) is 2. The Hall–Kier alpha value is -2.58. The van der Waals surface area contributed by atoms with Crippen molar-refractivity contribution >= 4 is 60.1 Å². The van der Waals surface area contributed by atoms with Crippen molar-refractivity contribution < 1.29 is 19.1 Å². The molecule has 146 valence electrons. The van der Waals surface area contributed by atoms with Gasteiger partial charge >= 0.3 is 5.97 Å². The first-order valence-electron chi connectivity index (χ1n) is 9.07. The summed E-state index contributed by atoms with van der Waals surface area (Å²) in [5.41, 5.74) is 2.44. The smallest absolute Gasteiger partial charge is 0.304 e. The fourth-order valence-electron chi connectivity index (χ4n) is 4.22. The van der Waals surface area contributed by atoms with Crippen molar-refractivity contribution in [3.8, 4) is 0 Å². The number of carbonyl (C=O) groups excluding carboxylic acids is 1. The molecule has 1 atom stereocenters. The monoisotopic (exact) mass is 472 g/mol. The molecule has 3 heterocycles. The lowest BCUT2D eigenvalue weighted by Gasteiger charge is -2.09. The summed E-state index contributed by atoms with van der Waals surface area (Å²) in [5, 5.41) is 10.3. The minimum Gasteiger partial charge on any atom is -0.481 e. The van der Waals surface area contributed by atoms with Crippen molar-refractivity contribution in [1.29, 1.82) is 0 Å². The first-order valence-corrected chi connectivity index (χ1v) is 10.7. The lowest BCUT2D eigenvalue weighted by atomic mass is 9.94. The van der Waals surface area contributed by atoms with E-state index in [4.69, 9.17) is 0 Å². The van der Waals surface area contributed by atoms with Crippen LogP contribution in [0.5, 0.6) is 0 Å². The first-order chi connectivity index (χ1) is 13.9. The standard InChI is InChI=1S/C21H14BrFN2O3S/c22-12-8-11(23)9-14-17(12)18(19-10(7-16(26)27)5-6-25(14)19)20(28)21-24-13-3-1-2-4-15(13)29-21/h1-4,8-10H,5-7H2,(H,26,27). The van der Waals surface area contributed by atoms with Crippen LogP contribution >= 0.6 is 27.3 Å². The average molecular weight is 473 g/mol. The number of carboxylic acids is 1. The van der Waals surface area contributed by atoms with E-state index >= 15 is 0 Å². The zero-order chi connectivity index (χ0) is 20.3. The number of rotatable bonds is 4. The third-order valence-electron chi connectivity index (χ3n) is 5.35. The van der Waals surface area contributed by atoms with E-state index in [-0.39, 0.29) is 18.1 Å². The number of thiazole rings is 1. The maximum absolute atomic E-state index is 14.1. The number of hydrogen-bond donors (Lipinski definition) is 1. The van der Waals surface area contributed by atoms with Crippen molar-refractivity contribution in [1.82, 2.24) is 9.55 Å². The molecule has 1 aliphatic rings. The van der Waals surface area contributed by atoms with E-state index in [2.05, 4.69) is 20.9 Å². The fraction of sp³-hybridized carbons (Fsp3) is 0.190. The van der Waals surface area contributed by atoms with Crippen LogP contribution in [0.4, 0.5) is 4.39 Å². The Kier molecular flexibility index (Phi) is 4.29. The molecule has 4 aromatic rings. The van der Waals surface area contributed by atoms with Crippen LogP contribution in [0, 0.1) is 5.82 Å². The largest absolute Gasteiger partial charge is 0.481 e. The highest BCUT2D eigenvalue weighted by atomic mass is 79.9. The van der Waals surface area contributed by atoms with E-state index in [0.29, 0.717) is 44.6 Å². The van der Waals surface area contributed by atoms with Gasteiger partial charge < -0.3 is 9.67 Å². The normalized spacial score (nSPS) is 15.9. The van der Waals surface area contributed by atoms with Crippen molar-refractivity contribution in [2.75, 3.05) is 0 Å². The van der Waals surface area contributed by atoms with Crippen LogP contribution in [-0.2, 0) is 11.3 Å². The van der Waals surface area contributed by atoms with Gasteiger partial charge in [0, 0.05) is 28.0 Å². The molecule has 1 unspecified atom stereocenters. The van der Waals surface area contributed by atoms with Crippen molar-refractivity contribution in [3.05, 3.63) is 63.0 Å². The number of aryl methyl sites for hydroxylation is 1. The van der Waals surface area contributed by atoms with Gasteiger partial charge in [0.1, 0.15) is 5.82 Å². The van der Waals surface area contributed by atoms with E-state index in [1.54, 1.807) is 0 Å². The Balaban J connectivity index is 1.77. The second-order valence-electron chi connectivity index (χ2n) is 7.09. The molecule has 0 fully saturated rings. The molecule has 0 saturated carbocycles. The van der Waals surface area contributed by atoms with Gasteiger partial charge in [-0.3, -0.25) is 9.59 Å². The van der Waals surface area contributed by atoms with Crippen molar-refractivity contribution in [2.24, 2.45) is 0 Å². The van der Waals surface area contributed by atoms with Crippen LogP contribution in [0.3, 0.4) is 0 Å².